The predicted octanol–water partition coefficient (Wildman–Crippen LogP) is 4.98. The van der Waals surface area contributed by atoms with Crippen LogP contribution in [0.4, 0.5) is 13.9 Å². The molecule has 2 unspecified atom stereocenters. The number of aromatic hydroxyl groups is 1. The van der Waals surface area contributed by atoms with Gasteiger partial charge in [0.15, 0.2) is 5.01 Å². The summed E-state index contributed by atoms with van der Waals surface area (Å²) in [6.45, 7) is 0. The summed E-state index contributed by atoms with van der Waals surface area (Å²) in [6.07, 6.45) is 3.58. The summed E-state index contributed by atoms with van der Waals surface area (Å²) in [5.41, 5.74) is 1.70. The van der Waals surface area contributed by atoms with E-state index in [-0.39, 0.29) is 17.7 Å². The number of ether oxygens (including phenoxy) is 1. The van der Waals surface area contributed by atoms with E-state index in [4.69, 9.17) is 4.74 Å². The van der Waals surface area contributed by atoms with Crippen LogP contribution in [0.2, 0.25) is 0 Å². The van der Waals surface area contributed by atoms with Gasteiger partial charge in [0.05, 0.1) is 18.7 Å². The minimum absolute atomic E-state index is 0.0126. The van der Waals surface area contributed by atoms with Gasteiger partial charge in [-0.2, -0.15) is 9.37 Å². The molecule has 2 atom stereocenters. The van der Waals surface area contributed by atoms with E-state index in [1.807, 2.05) is 0 Å². The van der Waals surface area contributed by atoms with E-state index >= 15 is 0 Å². The third kappa shape index (κ3) is 3.94. The standard InChI is InChI=1S/C22H22F2N4O2S/c1-30-20-11-13(10-19(24)25-20)12-5-8-15(18(29)9-12)21-26-27-22(31-21)28(14-6-7-14)17-4-2-3-16(17)23/h5,8-11,14,16-17,29H,2-4,6-7H2,1H3. The van der Waals surface area contributed by atoms with Crippen LogP contribution in [0.25, 0.3) is 21.7 Å². The lowest BCUT2D eigenvalue weighted by Crippen LogP contribution is -2.40. The molecule has 2 aliphatic rings. The van der Waals surface area contributed by atoms with Gasteiger partial charge in [0.25, 0.3) is 0 Å². The molecule has 2 heterocycles. The summed E-state index contributed by atoms with van der Waals surface area (Å²) >= 11 is 1.36. The third-order valence-corrected chi connectivity index (χ3v) is 6.84. The van der Waals surface area contributed by atoms with Crippen molar-refractivity contribution in [3.05, 3.63) is 36.3 Å². The zero-order chi connectivity index (χ0) is 21.5. The summed E-state index contributed by atoms with van der Waals surface area (Å²) in [7, 11) is 1.42. The quantitative estimate of drug-likeness (QED) is 0.541. The Morgan fingerprint density at radius 3 is 2.61 bits per heavy atom. The summed E-state index contributed by atoms with van der Waals surface area (Å²) < 4.78 is 33.2. The molecule has 0 bridgehead atoms. The van der Waals surface area contributed by atoms with Crippen molar-refractivity contribution < 1.29 is 18.6 Å². The van der Waals surface area contributed by atoms with Gasteiger partial charge in [0, 0.05) is 18.2 Å². The number of methoxy groups -OCH3 is 1. The highest BCUT2D eigenvalue weighted by Gasteiger charge is 2.41. The first-order valence-electron chi connectivity index (χ1n) is 10.3. The number of phenols is 1. The van der Waals surface area contributed by atoms with Crippen molar-refractivity contribution >= 4 is 16.5 Å². The van der Waals surface area contributed by atoms with Gasteiger partial charge in [-0.1, -0.05) is 17.4 Å². The maximum atomic E-state index is 14.4. The molecule has 2 fully saturated rings. The number of hydrogen-bond donors (Lipinski definition) is 1. The van der Waals surface area contributed by atoms with Crippen LogP contribution in [0.5, 0.6) is 11.6 Å². The summed E-state index contributed by atoms with van der Waals surface area (Å²) in [6, 6.07) is 8.13. The van der Waals surface area contributed by atoms with Crippen LogP contribution in [0.1, 0.15) is 32.1 Å². The van der Waals surface area contributed by atoms with Gasteiger partial charge in [0.2, 0.25) is 17.0 Å². The molecule has 2 aromatic heterocycles. The molecule has 5 rings (SSSR count). The van der Waals surface area contributed by atoms with E-state index in [0.29, 0.717) is 39.3 Å². The molecule has 0 saturated heterocycles. The maximum absolute atomic E-state index is 14.4. The van der Waals surface area contributed by atoms with Crippen LogP contribution in [0.3, 0.4) is 0 Å². The highest BCUT2D eigenvalue weighted by Crippen LogP contribution is 2.43. The lowest BCUT2D eigenvalue weighted by molar-refractivity contribution is 0.300. The predicted molar refractivity (Wildman–Crippen MR) is 115 cm³/mol. The SMILES string of the molecule is COc1cc(-c2ccc(-c3nnc(N(C4CC4)C4CCCC4F)s3)c(O)c2)cc(F)n1. The van der Waals surface area contributed by atoms with Crippen LogP contribution in [0, 0.1) is 5.95 Å². The number of phenolic OH excluding ortho intramolecular Hbond substituents is 1. The molecule has 2 aliphatic carbocycles. The second-order valence-corrected chi connectivity index (χ2v) is 8.95. The van der Waals surface area contributed by atoms with Crippen LogP contribution < -0.4 is 9.64 Å². The fourth-order valence-electron chi connectivity index (χ4n) is 4.19. The lowest BCUT2D eigenvalue weighted by atomic mass is 10.0. The summed E-state index contributed by atoms with van der Waals surface area (Å²) in [5.74, 6) is -0.492. The van der Waals surface area contributed by atoms with Crippen molar-refractivity contribution in [2.75, 3.05) is 12.0 Å². The minimum atomic E-state index is -0.835. The Bertz CT molecular complexity index is 1100. The molecule has 0 radical (unpaired) electrons. The molecule has 0 spiro atoms. The molecule has 9 heteroatoms. The van der Waals surface area contributed by atoms with Gasteiger partial charge in [-0.15, -0.1) is 10.2 Å². The zero-order valence-corrected chi connectivity index (χ0v) is 17.8. The lowest BCUT2D eigenvalue weighted by Gasteiger charge is -2.29. The van der Waals surface area contributed by atoms with E-state index in [1.54, 1.807) is 24.3 Å². The highest BCUT2D eigenvalue weighted by molar-refractivity contribution is 7.18. The first-order valence-corrected chi connectivity index (χ1v) is 11.2. The summed E-state index contributed by atoms with van der Waals surface area (Å²) in [4.78, 5) is 5.75. The number of rotatable bonds is 6. The van der Waals surface area contributed by atoms with Crippen molar-refractivity contribution in [3.8, 4) is 33.3 Å². The van der Waals surface area contributed by atoms with Crippen LogP contribution >= 0.6 is 11.3 Å². The Hall–Kier alpha value is -2.81. The fraction of sp³-hybridized carbons (Fsp3) is 0.409. The third-order valence-electron chi connectivity index (χ3n) is 5.87. The van der Waals surface area contributed by atoms with Gasteiger partial charge in [-0.05, 0) is 55.4 Å². The Morgan fingerprint density at radius 1 is 1.10 bits per heavy atom. The van der Waals surface area contributed by atoms with E-state index in [0.717, 1.165) is 25.7 Å². The molecule has 162 valence electrons. The molecular weight excluding hydrogens is 422 g/mol. The van der Waals surface area contributed by atoms with Gasteiger partial charge in [0.1, 0.15) is 11.9 Å². The second-order valence-electron chi connectivity index (χ2n) is 8.00. The molecule has 1 aromatic carbocycles. The normalized spacial score (nSPS) is 20.7. The van der Waals surface area contributed by atoms with Crippen molar-refractivity contribution in [1.29, 1.82) is 0 Å². The zero-order valence-electron chi connectivity index (χ0n) is 17.0. The Morgan fingerprint density at radius 2 is 1.94 bits per heavy atom. The monoisotopic (exact) mass is 444 g/mol. The van der Waals surface area contributed by atoms with Crippen molar-refractivity contribution in [3.63, 3.8) is 0 Å². The molecule has 1 N–H and O–H groups in total. The van der Waals surface area contributed by atoms with E-state index < -0.39 is 12.1 Å². The van der Waals surface area contributed by atoms with Gasteiger partial charge in [-0.25, -0.2) is 4.39 Å². The highest BCUT2D eigenvalue weighted by atomic mass is 32.1. The molecular formula is C22H22F2N4O2S. The molecule has 6 nitrogen and oxygen atoms in total. The van der Waals surface area contributed by atoms with Gasteiger partial charge in [-0.3, -0.25) is 0 Å². The Balaban J connectivity index is 1.44. The van der Waals surface area contributed by atoms with Crippen molar-refractivity contribution in [2.24, 2.45) is 0 Å². The minimum Gasteiger partial charge on any atom is -0.507 e. The fourth-order valence-corrected chi connectivity index (χ4v) is 5.20. The molecule has 3 aromatic rings. The Labute approximate surface area is 182 Å². The van der Waals surface area contributed by atoms with E-state index in [1.165, 1.54) is 24.5 Å². The second kappa shape index (κ2) is 8.03. The topological polar surface area (TPSA) is 71.4 Å². The average Bonchev–Trinajstić information content (AvgIpc) is 3.32. The molecule has 2 saturated carbocycles. The molecule has 0 amide bonds. The van der Waals surface area contributed by atoms with Gasteiger partial charge >= 0.3 is 0 Å². The molecule has 0 aliphatic heterocycles. The smallest absolute Gasteiger partial charge is 0.216 e. The summed E-state index contributed by atoms with van der Waals surface area (Å²) in [5, 5.41) is 20.5. The number of pyridine rings is 1. The van der Waals surface area contributed by atoms with Crippen molar-refractivity contribution in [2.45, 2.75) is 50.4 Å². The number of benzene rings is 1. The van der Waals surface area contributed by atoms with Crippen LogP contribution in [-0.2, 0) is 0 Å². The number of anilines is 1. The number of aromatic nitrogens is 3. The largest absolute Gasteiger partial charge is 0.507 e. The Kier molecular flexibility index (Phi) is 5.21. The average molecular weight is 445 g/mol. The van der Waals surface area contributed by atoms with Crippen LogP contribution in [0.15, 0.2) is 30.3 Å². The first kappa shape index (κ1) is 20.1. The maximum Gasteiger partial charge on any atom is 0.216 e. The number of alkyl halides is 1. The number of nitrogens with zero attached hydrogens (tertiary/aromatic N) is 4. The van der Waals surface area contributed by atoms with Crippen LogP contribution in [-0.4, -0.2) is 45.7 Å². The number of hydrogen-bond acceptors (Lipinski definition) is 7. The van der Waals surface area contributed by atoms with E-state index in [2.05, 4.69) is 20.1 Å². The first-order chi connectivity index (χ1) is 15.0. The van der Waals surface area contributed by atoms with Crippen molar-refractivity contribution in [1.82, 2.24) is 15.2 Å². The van der Waals surface area contributed by atoms with E-state index in [9.17, 15) is 13.9 Å². The number of halogens is 2. The van der Waals surface area contributed by atoms with Gasteiger partial charge < -0.3 is 14.7 Å². The molecule has 31 heavy (non-hydrogen) atoms.